The van der Waals surface area contributed by atoms with Crippen LogP contribution in [-0.4, -0.2) is 36.2 Å². The second kappa shape index (κ2) is 6.83. The zero-order chi connectivity index (χ0) is 18.3. The molecule has 1 atom stereocenters. The number of anilines is 1. The molecule has 1 aromatic carbocycles. The minimum Gasteiger partial charge on any atom is -0.442 e. The van der Waals surface area contributed by atoms with E-state index in [-0.39, 0.29) is 12.5 Å². The average Bonchev–Trinajstić information content (AvgIpc) is 3.29. The van der Waals surface area contributed by atoms with Gasteiger partial charge in [0, 0.05) is 5.69 Å². The van der Waals surface area contributed by atoms with E-state index in [2.05, 4.69) is 10.3 Å². The van der Waals surface area contributed by atoms with Crippen LogP contribution in [0.2, 0.25) is 9.36 Å². The molecular weight excluding hydrogens is 397 g/mol. The number of hydrogen-bond donors (Lipinski definition) is 2. The lowest BCUT2D eigenvalue weighted by atomic mass is 10.2. The zero-order valence-corrected chi connectivity index (χ0v) is 15.6. The minimum atomic E-state index is -0.419. The Bertz CT molecular complexity index is 986. The summed E-state index contributed by atoms with van der Waals surface area (Å²) in [5.74, 6) is -0.296. The van der Waals surface area contributed by atoms with Gasteiger partial charge in [0.2, 0.25) is 0 Å². The van der Waals surface area contributed by atoms with E-state index in [1.807, 2.05) is 30.3 Å². The summed E-state index contributed by atoms with van der Waals surface area (Å²) in [4.78, 5) is 28.9. The fourth-order valence-corrected chi connectivity index (χ4v) is 4.27. The van der Waals surface area contributed by atoms with E-state index in [1.165, 1.54) is 11.3 Å². The molecule has 0 aliphatic carbocycles. The van der Waals surface area contributed by atoms with E-state index >= 15 is 0 Å². The highest BCUT2D eigenvalue weighted by Crippen LogP contribution is 2.38. The Kier molecular flexibility index (Phi) is 4.52. The number of carbonyl (C=O) groups excluding carboxylic acids is 2. The molecular formula is C17H13Cl2N3O3S. The number of ether oxygens (including phenoxy) is 1. The highest BCUT2D eigenvalue weighted by atomic mass is 35.5. The predicted octanol–water partition coefficient (Wildman–Crippen LogP) is 4.29. The summed E-state index contributed by atoms with van der Waals surface area (Å²) in [7, 11) is 0. The SMILES string of the molecule is O=C(NCC1CN(c2ccccc2)C(=O)O1)c1cc2sc(Cl)c(Cl)c2[nH]1. The average molecular weight is 410 g/mol. The maximum absolute atomic E-state index is 12.3. The van der Waals surface area contributed by atoms with Crippen molar-refractivity contribution in [1.29, 1.82) is 0 Å². The summed E-state index contributed by atoms with van der Waals surface area (Å²) in [6.45, 7) is 0.597. The number of nitrogens with zero attached hydrogens (tertiary/aromatic N) is 1. The summed E-state index contributed by atoms with van der Waals surface area (Å²) in [5, 5.41) is 3.18. The molecule has 2 N–H and O–H groups in total. The lowest BCUT2D eigenvalue weighted by Gasteiger charge is -2.12. The molecule has 0 saturated carbocycles. The van der Waals surface area contributed by atoms with Crippen molar-refractivity contribution in [3.05, 3.63) is 51.5 Å². The summed E-state index contributed by atoms with van der Waals surface area (Å²) < 4.78 is 6.62. The number of hydrogen-bond acceptors (Lipinski definition) is 4. The van der Waals surface area contributed by atoms with Crippen molar-refractivity contribution in [3.63, 3.8) is 0 Å². The number of nitrogens with one attached hydrogen (secondary N) is 2. The molecule has 0 radical (unpaired) electrons. The van der Waals surface area contributed by atoms with Gasteiger partial charge in [0.25, 0.3) is 5.91 Å². The Hall–Kier alpha value is -2.22. The standard InChI is InChI=1S/C17H13Cl2N3O3S/c18-13-14-12(26-15(13)19)6-11(21-14)16(23)20-7-10-8-22(17(24)25-10)9-4-2-1-3-5-9/h1-6,10,21H,7-8H2,(H,20,23). The minimum absolute atomic E-state index is 0.217. The van der Waals surface area contributed by atoms with Crippen LogP contribution in [0.3, 0.4) is 0 Å². The number of cyclic esters (lactones) is 1. The Morgan fingerprint density at radius 3 is 2.85 bits per heavy atom. The number of fused-ring (bicyclic) bond motifs is 1. The van der Waals surface area contributed by atoms with Crippen LogP contribution in [0, 0.1) is 0 Å². The first-order valence-electron chi connectivity index (χ1n) is 7.81. The van der Waals surface area contributed by atoms with Gasteiger partial charge in [0.05, 0.1) is 28.3 Å². The normalized spacial score (nSPS) is 16.9. The molecule has 4 rings (SSSR count). The lowest BCUT2D eigenvalue weighted by molar-refractivity contribution is 0.0912. The van der Waals surface area contributed by atoms with Crippen molar-refractivity contribution in [1.82, 2.24) is 10.3 Å². The van der Waals surface area contributed by atoms with Gasteiger partial charge >= 0.3 is 6.09 Å². The maximum Gasteiger partial charge on any atom is 0.414 e. The summed E-state index contributed by atoms with van der Waals surface area (Å²) in [6, 6.07) is 11.0. The molecule has 26 heavy (non-hydrogen) atoms. The largest absolute Gasteiger partial charge is 0.442 e. The number of para-hydroxylation sites is 1. The van der Waals surface area contributed by atoms with E-state index in [4.69, 9.17) is 27.9 Å². The number of aromatic amines is 1. The van der Waals surface area contributed by atoms with E-state index in [0.29, 0.717) is 27.1 Å². The molecule has 1 saturated heterocycles. The smallest absolute Gasteiger partial charge is 0.414 e. The van der Waals surface area contributed by atoms with Gasteiger partial charge in [0.15, 0.2) is 0 Å². The molecule has 2 amide bonds. The molecule has 3 aromatic rings. The fraction of sp³-hybridized carbons (Fsp3) is 0.176. The molecule has 6 nitrogen and oxygen atoms in total. The number of halogens is 2. The Morgan fingerprint density at radius 2 is 2.12 bits per heavy atom. The van der Waals surface area contributed by atoms with Crippen LogP contribution in [0.15, 0.2) is 36.4 Å². The summed E-state index contributed by atoms with van der Waals surface area (Å²) in [6.07, 6.45) is -0.835. The topological polar surface area (TPSA) is 74.4 Å². The third-order valence-electron chi connectivity index (χ3n) is 4.05. The lowest BCUT2D eigenvalue weighted by Crippen LogP contribution is -2.34. The van der Waals surface area contributed by atoms with E-state index in [1.54, 1.807) is 11.0 Å². The fourth-order valence-electron chi connectivity index (χ4n) is 2.79. The van der Waals surface area contributed by atoms with Gasteiger partial charge in [-0.2, -0.15) is 0 Å². The van der Waals surface area contributed by atoms with Gasteiger partial charge in [-0.15, -0.1) is 11.3 Å². The number of carbonyl (C=O) groups is 2. The van der Waals surface area contributed by atoms with Gasteiger partial charge in [-0.3, -0.25) is 9.69 Å². The van der Waals surface area contributed by atoms with Gasteiger partial charge < -0.3 is 15.0 Å². The van der Waals surface area contributed by atoms with Crippen molar-refractivity contribution in [2.24, 2.45) is 0 Å². The molecule has 9 heteroatoms. The number of H-pyrrole nitrogens is 1. The molecule has 1 aliphatic rings. The summed E-state index contributed by atoms with van der Waals surface area (Å²) in [5.41, 5.74) is 1.80. The van der Waals surface area contributed by atoms with Gasteiger partial charge in [0.1, 0.15) is 16.1 Å². The second-order valence-corrected chi connectivity index (χ2v) is 7.81. The highest BCUT2D eigenvalue weighted by Gasteiger charge is 2.32. The third kappa shape index (κ3) is 3.13. The molecule has 1 unspecified atom stereocenters. The van der Waals surface area contributed by atoms with Crippen molar-refractivity contribution < 1.29 is 14.3 Å². The van der Waals surface area contributed by atoms with Crippen LogP contribution in [0.1, 0.15) is 10.5 Å². The first-order valence-corrected chi connectivity index (χ1v) is 9.38. The second-order valence-electron chi connectivity index (χ2n) is 5.77. The first kappa shape index (κ1) is 17.2. The quantitative estimate of drug-likeness (QED) is 0.674. The zero-order valence-electron chi connectivity index (χ0n) is 13.3. The summed E-state index contributed by atoms with van der Waals surface area (Å²) >= 11 is 13.4. The van der Waals surface area contributed by atoms with Crippen LogP contribution in [0.5, 0.6) is 0 Å². The van der Waals surface area contributed by atoms with Crippen molar-refractivity contribution in [3.8, 4) is 0 Å². The van der Waals surface area contributed by atoms with Crippen LogP contribution >= 0.6 is 34.5 Å². The molecule has 1 aliphatic heterocycles. The monoisotopic (exact) mass is 409 g/mol. The Morgan fingerprint density at radius 1 is 1.35 bits per heavy atom. The van der Waals surface area contributed by atoms with Crippen molar-refractivity contribution in [2.75, 3.05) is 18.0 Å². The third-order valence-corrected chi connectivity index (χ3v) is 5.98. The van der Waals surface area contributed by atoms with Crippen LogP contribution in [0.4, 0.5) is 10.5 Å². The highest BCUT2D eigenvalue weighted by molar-refractivity contribution is 7.23. The predicted molar refractivity (Wildman–Crippen MR) is 103 cm³/mol. The molecule has 1 fully saturated rings. The Labute approximate surface area is 162 Å². The van der Waals surface area contributed by atoms with Crippen LogP contribution in [0.25, 0.3) is 10.2 Å². The van der Waals surface area contributed by atoms with Gasteiger partial charge in [-0.25, -0.2) is 4.79 Å². The maximum atomic E-state index is 12.3. The molecule has 0 bridgehead atoms. The number of aromatic nitrogens is 1. The molecule has 2 aromatic heterocycles. The molecule has 0 spiro atoms. The van der Waals surface area contributed by atoms with Crippen LogP contribution in [-0.2, 0) is 4.74 Å². The van der Waals surface area contributed by atoms with Crippen LogP contribution < -0.4 is 10.2 Å². The number of rotatable bonds is 4. The molecule has 134 valence electrons. The van der Waals surface area contributed by atoms with Gasteiger partial charge in [-0.1, -0.05) is 41.4 Å². The Balaban J connectivity index is 1.39. The van der Waals surface area contributed by atoms with E-state index < -0.39 is 12.2 Å². The number of amides is 2. The number of thiophene rings is 1. The van der Waals surface area contributed by atoms with Gasteiger partial charge in [-0.05, 0) is 18.2 Å². The van der Waals surface area contributed by atoms with E-state index in [9.17, 15) is 9.59 Å². The molecule has 3 heterocycles. The van der Waals surface area contributed by atoms with Crippen molar-refractivity contribution in [2.45, 2.75) is 6.10 Å². The number of benzene rings is 1. The first-order chi connectivity index (χ1) is 12.5. The van der Waals surface area contributed by atoms with Crippen molar-refractivity contribution >= 4 is 62.4 Å². The van der Waals surface area contributed by atoms with E-state index in [0.717, 1.165) is 10.4 Å².